The summed E-state index contributed by atoms with van der Waals surface area (Å²) >= 11 is 0. The summed E-state index contributed by atoms with van der Waals surface area (Å²) in [7, 11) is 0. The van der Waals surface area contributed by atoms with Gasteiger partial charge in [0, 0.05) is 5.69 Å². The maximum absolute atomic E-state index is 13.5. The second-order valence-electron chi connectivity index (χ2n) is 8.74. The van der Waals surface area contributed by atoms with Gasteiger partial charge in [0.2, 0.25) is 5.91 Å². The zero-order chi connectivity index (χ0) is 23.1. The van der Waals surface area contributed by atoms with E-state index in [9.17, 15) is 14.0 Å². The molecule has 1 aliphatic carbocycles. The first kappa shape index (κ1) is 23.8. The molecular formula is C26H32FNO4. The number of hydrogen-bond donors (Lipinski definition) is 1. The molecule has 172 valence electrons. The third-order valence-corrected chi connectivity index (χ3v) is 5.84. The number of carbonyl (C=O) groups excluding carboxylic acids is 2. The molecule has 0 bridgehead atoms. The lowest BCUT2D eigenvalue weighted by atomic mass is 9.68. The quantitative estimate of drug-likeness (QED) is 0.520. The normalized spacial score (nSPS) is 15.3. The molecule has 1 saturated carbocycles. The largest absolute Gasteiger partial charge is 0.492 e. The smallest absolute Gasteiger partial charge is 0.341 e. The van der Waals surface area contributed by atoms with E-state index in [1.165, 1.54) is 12.1 Å². The number of benzene rings is 2. The minimum Gasteiger partial charge on any atom is -0.492 e. The van der Waals surface area contributed by atoms with Crippen molar-refractivity contribution < 1.29 is 23.5 Å². The molecule has 32 heavy (non-hydrogen) atoms. The molecule has 1 N–H and O–H groups in total. The molecule has 0 aromatic heterocycles. The third-order valence-electron chi connectivity index (χ3n) is 5.84. The average molecular weight is 442 g/mol. The number of halogens is 1. The molecule has 2 aromatic carbocycles. The van der Waals surface area contributed by atoms with Crippen LogP contribution in [0.4, 0.5) is 10.1 Å². The zero-order valence-corrected chi connectivity index (χ0v) is 19.1. The number of hydrogen-bond acceptors (Lipinski definition) is 4. The highest BCUT2D eigenvalue weighted by molar-refractivity contribution is 6.01. The van der Waals surface area contributed by atoms with Crippen LogP contribution in [-0.4, -0.2) is 25.1 Å². The summed E-state index contributed by atoms with van der Waals surface area (Å²) < 4.78 is 24.5. The Kier molecular flexibility index (Phi) is 7.89. The Morgan fingerprint density at radius 2 is 1.75 bits per heavy atom. The molecule has 0 spiro atoms. The Balaban J connectivity index is 1.89. The highest BCUT2D eigenvalue weighted by Gasteiger charge is 2.41. The Bertz CT molecular complexity index is 933. The molecule has 0 unspecified atom stereocenters. The van der Waals surface area contributed by atoms with Gasteiger partial charge in [0.05, 0.1) is 18.6 Å². The average Bonchev–Trinajstić information content (AvgIpc) is 2.79. The van der Waals surface area contributed by atoms with Gasteiger partial charge >= 0.3 is 5.97 Å². The van der Waals surface area contributed by atoms with Crippen molar-refractivity contribution in [2.75, 3.05) is 18.5 Å². The lowest BCUT2D eigenvalue weighted by Crippen LogP contribution is -2.42. The minimum atomic E-state index is -0.719. The van der Waals surface area contributed by atoms with Crippen LogP contribution in [-0.2, 0) is 14.9 Å². The molecule has 6 heteroatoms. The number of esters is 1. The highest BCUT2D eigenvalue weighted by atomic mass is 19.1. The molecule has 0 aliphatic heterocycles. The second kappa shape index (κ2) is 10.6. The fraction of sp³-hybridized carbons (Fsp3) is 0.462. The summed E-state index contributed by atoms with van der Waals surface area (Å²) in [6.07, 6.45) is 4.34. The fourth-order valence-corrected chi connectivity index (χ4v) is 4.18. The van der Waals surface area contributed by atoms with Gasteiger partial charge in [-0.25, -0.2) is 9.18 Å². The molecule has 0 atom stereocenters. The lowest BCUT2D eigenvalue weighted by Gasteiger charge is -2.36. The van der Waals surface area contributed by atoms with Gasteiger partial charge in [-0.05, 0) is 61.6 Å². The first-order valence-corrected chi connectivity index (χ1v) is 11.4. The van der Waals surface area contributed by atoms with Gasteiger partial charge in [0.1, 0.15) is 17.1 Å². The zero-order valence-electron chi connectivity index (χ0n) is 19.1. The van der Waals surface area contributed by atoms with E-state index in [-0.39, 0.29) is 23.9 Å². The highest BCUT2D eigenvalue weighted by Crippen LogP contribution is 2.41. The van der Waals surface area contributed by atoms with Crippen molar-refractivity contribution in [1.29, 1.82) is 0 Å². The van der Waals surface area contributed by atoms with E-state index in [0.29, 0.717) is 36.8 Å². The van der Waals surface area contributed by atoms with Crippen LogP contribution in [0, 0.1) is 11.7 Å². The van der Waals surface area contributed by atoms with Crippen molar-refractivity contribution in [3.05, 3.63) is 59.4 Å². The van der Waals surface area contributed by atoms with E-state index in [4.69, 9.17) is 9.47 Å². The van der Waals surface area contributed by atoms with E-state index in [2.05, 4.69) is 5.32 Å². The standard InChI is InChI=1S/C26H32FNO4/c1-4-31-24(29)22-16-21(12-13-23(22)32-17-18(2)3)28-25(30)26(14-6-5-7-15-26)19-8-10-20(27)11-9-19/h8-13,16,18H,4-7,14-15,17H2,1-3H3,(H,28,30). The summed E-state index contributed by atoms with van der Waals surface area (Å²) in [6.45, 7) is 6.50. The molecule has 1 amide bonds. The number of anilines is 1. The van der Waals surface area contributed by atoms with Crippen LogP contribution in [0.15, 0.2) is 42.5 Å². The van der Waals surface area contributed by atoms with Gasteiger partial charge in [-0.3, -0.25) is 4.79 Å². The van der Waals surface area contributed by atoms with E-state index in [0.717, 1.165) is 24.8 Å². The van der Waals surface area contributed by atoms with Gasteiger partial charge in [0.15, 0.2) is 0 Å². The van der Waals surface area contributed by atoms with Crippen LogP contribution in [0.25, 0.3) is 0 Å². The first-order chi connectivity index (χ1) is 15.4. The first-order valence-electron chi connectivity index (χ1n) is 11.4. The SMILES string of the molecule is CCOC(=O)c1cc(NC(=O)C2(c3ccc(F)cc3)CCCCC2)ccc1OCC(C)C. The monoisotopic (exact) mass is 441 g/mol. The van der Waals surface area contributed by atoms with Crippen LogP contribution in [0.5, 0.6) is 5.75 Å². The summed E-state index contributed by atoms with van der Waals surface area (Å²) in [5.41, 5.74) is 0.883. The number of rotatable bonds is 8. The van der Waals surface area contributed by atoms with Crippen molar-refractivity contribution in [3.63, 3.8) is 0 Å². The summed E-state index contributed by atoms with van der Waals surface area (Å²) in [6, 6.07) is 11.2. The Labute approximate surface area is 189 Å². The molecule has 1 aliphatic rings. The third kappa shape index (κ3) is 5.47. The topological polar surface area (TPSA) is 64.6 Å². The fourth-order valence-electron chi connectivity index (χ4n) is 4.18. The van der Waals surface area contributed by atoms with Crippen LogP contribution in [0.1, 0.15) is 68.8 Å². The van der Waals surface area contributed by atoms with Crippen LogP contribution in [0.2, 0.25) is 0 Å². The van der Waals surface area contributed by atoms with Gasteiger partial charge in [-0.15, -0.1) is 0 Å². The van der Waals surface area contributed by atoms with E-state index < -0.39 is 11.4 Å². The van der Waals surface area contributed by atoms with Crippen LogP contribution in [0.3, 0.4) is 0 Å². The molecule has 0 heterocycles. The van der Waals surface area contributed by atoms with E-state index >= 15 is 0 Å². The molecule has 5 nitrogen and oxygen atoms in total. The Morgan fingerprint density at radius 1 is 1.06 bits per heavy atom. The predicted molar refractivity (Wildman–Crippen MR) is 123 cm³/mol. The molecule has 1 fully saturated rings. The number of amides is 1. The number of ether oxygens (including phenoxy) is 2. The second-order valence-corrected chi connectivity index (χ2v) is 8.74. The van der Waals surface area contributed by atoms with Gasteiger partial charge < -0.3 is 14.8 Å². The summed E-state index contributed by atoms with van der Waals surface area (Å²) in [5, 5.41) is 3.00. The number of nitrogens with one attached hydrogen (secondary N) is 1. The molecular weight excluding hydrogens is 409 g/mol. The van der Waals surface area contributed by atoms with Crippen molar-refractivity contribution in [2.45, 2.75) is 58.3 Å². The Hall–Kier alpha value is -2.89. The van der Waals surface area contributed by atoms with E-state index in [1.54, 1.807) is 37.3 Å². The molecule has 3 rings (SSSR count). The van der Waals surface area contributed by atoms with Gasteiger partial charge in [-0.1, -0.05) is 45.2 Å². The van der Waals surface area contributed by atoms with Crippen molar-refractivity contribution in [2.24, 2.45) is 5.92 Å². The predicted octanol–water partition coefficient (Wildman–Crippen LogP) is 5.88. The van der Waals surface area contributed by atoms with E-state index in [1.807, 2.05) is 13.8 Å². The van der Waals surface area contributed by atoms with Crippen molar-refractivity contribution >= 4 is 17.6 Å². The Morgan fingerprint density at radius 3 is 2.38 bits per heavy atom. The number of carbonyl (C=O) groups is 2. The van der Waals surface area contributed by atoms with Crippen molar-refractivity contribution in [1.82, 2.24) is 0 Å². The van der Waals surface area contributed by atoms with Crippen LogP contribution < -0.4 is 10.1 Å². The maximum atomic E-state index is 13.5. The lowest BCUT2D eigenvalue weighted by molar-refractivity contribution is -0.122. The van der Waals surface area contributed by atoms with Gasteiger partial charge in [-0.2, -0.15) is 0 Å². The summed E-state index contributed by atoms with van der Waals surface area (Å²) in [5.74, 6) is -0.230. The molecule has 2 aromatic rings. The van der Waals surface area contributed by atoms with Crippen molar-refractivity contribution in [3.8, 4) is 5.75 Å². The van der Waals surface area contributed by atoms with Crippen LogP contribution >= 0.6 is 0 Å². The molecule has 0 radical (unpaired) electrons. The maximum Gasteiger partial charge on any atom is 0.341 e. The summed E-state index contributed by atoms with van der Waals surface area (Å²) in [4.78, 5) is 26.0. The van der Waals surface area contributed by atoms with Gasteiger partial charge in [0.25, 0.3) is 0 Å². The minimum absolute atomic E-state index is 0.144. The molecule has 0 saturated heterocycles.